The van der Waals surface area contributed by atoms with Crippen LogP contribution in [0.5, 0.6) is 0 Å². The summed E-state index contributed by atoms with van der Waals surface area (Å²) in [4.78, 5) is 12.2. The van der Waals surface area contributed by atoms with Gasteiger partial charge in [0.25, 0.3) is 5.91 Å². The van der Waals surface area contributed by atoms with Gasteiger partial charge in [0.05, 0.1) is 10.5 Å². The van der Waals surface area contributed by atoms with E-state index in [9.17, 15) is 9.18 Å². The number of anilines is 1. The Morgan fingerprint density at radius 2 is 2.05 bits per heavy atom. The zero-order valence-corrected chi connectivity index (χ0v) is 10.9. The number of halogens is 2. The number of para-hydroxylation sites is 1. The molecular formula is C14H9ClFN3O. The van der Waals surface area contributed by atoms with Crippen molar-refractivity contribution in [3.05, 3.63) is 59.0 Å². The van der Waals surface area contributed by atoms with E-state index in [0.717, 1.165) is 10.9 Å². The Bertz CT molecular complexity index is 800. The summed E-state index contributed by atoms with van der Waals surface area (Å²) in [6, 6.07) is 11.3. The number of hydrogen-bond donors (Lipinski definition) is 2. The summed E-state index contributed by atoms with van der Waals surface area (Å²) in [5.41, 5.74) is 1.46. The Balaban J connectivity index is 1.91. The van der Waals surface area contributed by atoms with Crippen molar-refractivity contribution in [1.82, 2.24) is 10.2 Å². The van der Waals surface area contributed by atoms with Gasteiger partial charge in [0.15, 0.2) is 5.69 Å². The van der Waals surface area contributed by atoms with Crippen LogP contribution in [0.25, 0.3) is 10.9 Å². The molecule has 0 bridgehead atoms. The third-order valence-electron chi connectivity index (χ3n) is 2.86. The molecule has 6 heteroatoms. The normalized spacial score (nSPS) is 10.7. The topological polar surface area (TPSA) is 57.8 Å². The Morgan fingerprint density at radius 3 is 2.85 bits per heavy atom. The van der Waals surface area contributed by atoms with E-state index in [4.69, 9.17) is 11.6 Å². The molecule has 0 atom stereocenters. The fraction of sp³-hybridized carbons (Fsp3) is 0. The second kappa shape index (κ2) is 4.94. The highest BCUT2D eigenvalue weighted by Gasteiger charge is 2.14. The molecule has 0 aliphatic carbocycles. The molecule has 4 nitrogen and oxygen atoms in total. The molecule has 1 amide bonds. The Hall–Kier alpha value is -2.40. The van der Waals surface area contributed by atoms with E-state index in [1.54, 1.807) is 6.07 Å². The van der Waals surface area contributed by atoms with Crippen LogP contribution in [0.2, 0.25) is 5.02 Å². The maximum atomic E-state index is 13.1. The Morgan fingerprint density at radius 1 is 1.25 bits per heavy atom. The van der Waals surface area contributed by atoms with E-state index in [1.165, 1.54) is 18.2 Å². The van der Waals surface area contributed by atoms with Gasteiger partial charge in [-0.05, 0) is 24.3 Å². The Kier molecular flexibility index (Phi) is 3.12. The third-order valence-corrected chi connectivity index (χ3v) is 3.15. The maximum Gasteiger partial charge on any atom is 0.276 e. The van der Waals surface area contributed by atoms with Crippen LogP contribution >= 0.6 is 11.6 Å². The van der Waals surface area contributed by atoms with E-state index in [-0.39, 0.29) is 16.6 Å². The van der Waals surface area contributed by atoms with Crippen LogP contribution in [0.3, 0.4) is 0 Å². The minimum Gasteiger partial charge on any atom is -0.321 e. The van der Waals surface area contributed by atoms with E-state index >= 15 is 0 Å². The molecule has 1 heterocycles. The first-order chi connectivity index (χ1) is 9.65. The average Bonchev–Trinajstić information content (AvgIpc) is 2.87. The molecule has 100 valence electrons. The van der Waals surface area contributed by atoms with Gasteiger partial charge in [0, 0.05) is 11.1 Å². The summed E-state index contributed by atoms with van der Waals surface area (Å²) in [5.74, 6) is -0.917. The van der Waals surface area contributed by atoms with Gasteiger partial charge in [-0.2, -0.15) is 5.10 Å². The summed E-state index contributed by atoms with van der Waals surface area (Å²) in [6.45, 7) is 0. The number of nitrogens with zero attached hydrogens (tertiary/aromatic N) is 1. The number of nitrogens with one attached hydrogen (secondary N) is 2. The van der Waals surface area contributed by atoms with E-state index < -0.39 is 5.82 Å². The molecule has 0 radical (unpaired) electrons. The SMILES string of the molecule is O=C(Nc1ccc(F)c(Cl)c1)c1n[nH]c2ccccc12. The van der Waals surface area contributed by atoms with Crippen LogP contribution in [0.1, 0.15) is 10.5 Å². The monoisotopic (exact) mass is 289 g/mol. The van der Waals surface area contributed by atoms with Crippen LogP contribution in [-0.4, -0.2) is 16.1 Å². The summed E-state index contributed by atoms with van der Waals surface area (Å²) in [5, 5.41) is 10.1. The average molecular weight is 290 g/mol. The highest BCUT2D eigenvalue weighted by Crippen LogP contribution is 2.21. The zero-order chi connectivity index (χ0) is 14.1. The first kappa shape index (κ1) is 12.6. The molecule has 0 fully saturated rings. The molecule has 0 spiro atoms. The number of rotatable bonds is 2. The molecule has 20 heavy (non-hydrogen) atoms. The molecule has 3 rings (SSSR count). The summed E-state index contributed by atoms with van der Waals surface area (Å²) in [6.07, 6.45) is 0. The van der Waals surface area contributed by atoms with Crippen molar-refractivity contribution in [2.75, 3.05) is 5.32 Å². The second-order valence-electron chi connectivity index (χ2n) is 4.20. The number of fused-ring (bicyclic) bond motifs is 1. The molecule has 2 aromatic carbocycles. The molecule has 2 N–H and O–H groups in total. The molecule has 0 aliphatic heterocycles. The van der Waals surface area contributed by atoms with Gasteiger partial charge in [-0.15, -0.1) is 0 Å². The van der Waals surface area contributed by atoms with Gasteiger partial charge in [-0.1, -0.05) is 29.8 Å². The molecule has 0 unspecified atom stereocenters. The van der Waals surface area contributed by atoms with Crippen LogP contribution in [0.4, 0.5) is 10.1 Å². The van der Waals surface area contributed by atoms with Crippen molar-refractivity contribution >= 4 is 34.1 Å². The molecule has 0 aliphatic rings. The molecule has 1 aromatic heterocycles. The minimum absolute atomic E-state index is 0.0466. The predicted molar refractivity (Wildman–Crippen MR) is 75.5 cm³/mol. The lowest BCUT2D eigenvalue weighted by atomic mass is 10.2. The third kappa shape index (κ3) is 2.23. The van der Waals surface area contributed by atoms with E-state index in [1.807, 2.05) is 18.2 Å². The van der Waals surface area contributed by atoms with Crippen molar-refractivity contribution < 1.29 is 9.18 Å². The maximum absolute atomic E-state index is 13.1. The van der Waals surface area contributed by atoms with Crippen molar-refractivity contribution in [2.24, 2.45) is 0 Å². The lowest BCUT2D eigenvalue weighted by molar-refractivity contribution is 0.102. The fourth-order valence-corrected chi connectivity index (χ4v) is 2.08. The first-order valence-corrected chi connectivity index (χ1v) is 6.22. The Labute approximate surface area is 118 Å². The number of hydrogen-bond acceptors (Lipinski definition) is 2. The fourth-order valence-electron chi connectivity index (χ4n) is 1.90. The quantitative estimate of drug-likeness (QED) is 0.757. The van der Waals surface area contributed by atoms with Gasteiger partial charge < -0.3 is 5.32 Å². The van der Waals surface area contributed by atoms with Gasteiger partial charge in [-0.25, -0.2) is 4.39 Å². The number of carbonyl (C=O) groups excluding carboxylic acids is 1. The predicted octanol–water partition coefficient (Wildman–Crippen LogP) is 3.61. The largest absolute Gasteiger partial charge is 0.321 e. The second-order valence-corrected chi connectivity index (χ2v) is 4.61. The zero-order valence-electron chi connectivity index (χ0n) is 10.2. The standard InChI is InChI=1S/C14H9ClFN3O/c15-10-7-8(5-6-11(10)16)17-14(20)13-9-3-1-2-4-12(9)18-19-13/h1-7H,(H,17,20)(H,18,19). The van der Waals surface area contributed by atoms with Crippen molar-refractivity contribution in [1.29, 1.82) is 0 Å². The number of benzene rings is 2. The van der Waals surface area contributed by atoms with E-state index in [0.29, 0.717) is 5.69 Å². The molecule has 3 aromatic rings. The lowest BCUT2D eigenvalue weighted by Crippen LogP contribution is -2.12. The number of aromatic nitrogens is 2. The number of amides is 1. The van der Waals surface area contributed by atoms with Gasteiger partial charge in [0.1, 0.15) is 5.82 Å². The number of carbonyl (C=O) groups is 1. The van der Waals surface area contributed by atoms with Gasteiger partial charge in [-0.3, -0.25) is 9.89 Å². The smallest absolute Gasteiger partial charge is 0.276 e. The van der Waals surface area contributed by atoms with Crippen molar-refractivity contribution in [2.45, 2.75) is 0 Å². The van der Waals surface area contributed by atoms with Crippen molar-refractivity contribution in [3.8, 4) is 0 Å². The summed E-state index contributed by atoms with van der Waals surface area (Å²) in [7, 11) is 0. The van der Waals surface area contributed by atoms with Crippen LogP contribution in [-0.2, 0) is 0 Å². The van der Waals surface area contributed by atoms with Gasteiger partial charge >= 0.3 is 0 Å². The lowest BCUT2D eigenvalue weighted by Gasteiger charge is -2.04. The number of aromatic amines is 1. The van der Waals surface area contributed by atoms with Gasteiger partial charge in [0.2, 0.25) is 0 Å². The van der Waals surface area contributed by atoms with E-state index in [2.05, 4.69) is 15.5 Å². The number of H-pyrrole nitrogens is 1. The summed E-state index contributed by atoms with van der Waals surface area (Å²) >= 11 is 5.67. The van der Waals surface area contributed by atoms with Crippen LogP contribution in [0.15, 0.2) is 42.5 Å². The summed E-state index contributed by atoms with van der Waals surface area (Å²) < 4.78 is 13.1. The highest BCUT2D eigenvalue weighted by atomic mass is 35.5. The molecule has 0 saturated heterocycles. The minimum atomic E-state index is -0.533. The first-order valence-electron chi connectivity index (χ1n) is 5.84. The van der Waals surface area contributed by atoms with Crippen LogP contribution < -0.4 is 5.32 Å². The molecule has 0 saturated carbocycles. The van der Waals surface area contributed by atoms with Crippen molar-refractivity contribution in [3.63, 3.8) is 0 Å². The molecular weight excluding hydrogens is 281 g/mol. The highest BCUT2D eigenvalue weighted by molar-refractivity contribution is 6.31. The van der Waals surface area contributed by atoms with Crippen LogP contribution in [0, 0.1) is 5.82 Å².